The Bertz CT molecular complexity index is 1390. The molecule has 0 atom stereocenters. The van der Waals surface area contributed by atoms with Crippen molar-refractivity contribution in [2.75, 3.05) is 0 Å². The second-order valence-electron chi connectivity index (χ2n) is 6.93. The lowest BCUT2D eigenvalue weighted by Gasteiger charge is -2.13. The molecule has 0 saturated carbocycles. The molecule has 31 heavy (non-hydrogen) atoms. The predicted molar refractivity (Wildman–Crippen MR) is 113 cm³/mol. The van der Waals surface area contributed by atoms with Gasteiger partial charge in [-0.1, -0.05) is 6.07 Å². The van der Waals surface area contributed by atoms with Crippen molar-refractivity contribution in [3.63, 3.8) is 0 Å². The summed E-state index contributed by atoms with van der Waals surface area (Å²) in [5, 5.41) is 14.8. The first-order valence-corrected chi connectivity index (χ1v) is 9.67. The summed E-state index contributed by atoms with van der Waals surface area (Å²) in [6.45, 7) is 3.36. The zero-order valence-corrected chi connectivity index (χ0v) is 16.9. The van der Waals surface area contributed by atoms with E-state index in [0.29, 0.717) is 22.2 Å². The van der Waals surface area contributed by atoms with E-state index in [1.807, 2.05) is 0 Å². The molecule has 0 fully saturated rings. The molecular formula is C23H19FN4O3. The highest BCUT2D eigenvalue weighted by atomic mass is 19.1. The van der Waals surface area contributed by atoms with Crippen LogP contribution in [-0.4, -0.2) is 25.5 Å². The van der Waals surface area contributed by atoms with Gasteiger partial charge in [0.1, 0.15) is 17.2 Å². The highest BCUT2D eigenvalue weighted by Crippen LogP contribution is 2.27. The molecule has 2 heterocycles. The van der Waals surface area contributed by atoms with Crippen LogP contribution >= 0.6 is 0 Å². The van der Waals surface area contributed by atoms with Gasteiger partial charge in [-0.3, -0.25) is 9.59 Å². The topological polar surface area (TPSA) is 89.5 Å². The van der Waals surface area contributed by atoms with Crippen molar-refractivity contribution in [3.05, 3.63) is 87.9 Å². The van der Waals surface area contributed by atoms with Crippen molar-refractivity contribution in [2.45, 2.75) is 20.4 Å². The Morgan fingerprint density at radius 2 is 1.87 bits per heavy atom. The molecule has 1 N–H and O–H groups in total. The Kier molecular flexibility index (Phi) is 5.21. The fourth-order valence-electron chi connectivity index (χ4n) is 3.45. The van der Waals surface area contributed by atoms with Crippen molar-refractivity contribution in [1.29, 1.82) is 0 Å². The third kappa shape index (κ3) is 3.63. The number of nitrogens with zero attached hydrogens (tertiary/aromatic N) is 4. The number of carbonyl (C=O) groups excluding carboxylic acids is 1. The van der Waals surface area contributed by atoms with Gasteiger partial charge in [0, 0.05) is 23.9 Å². The summed E-state index contributed by atoms with van der Waals surface area (Å²) in [4.78, 5) is 30.3. The van der Waals surface area contributed by atoms with Gasteiger partial charge in [0.15, 0.2) is 5.78 Å². The zero-order valence-electron chi connectivity index (χ0n) is 16.9. The predicted octanol–water partition coefficient (Wildman–Crippen LogP) is 3.65. The maximum atomic E-state index is 13.4. The average molecular weight is 418 g/mol. The number of hydrogen-bond acceptors (Lipinski definition) is 5. The van der Waals surface area contributed by atoms with E-state index in [9.17, 15) is 19.2 Å². The van der Waals surface area contributed by atoms with Gasteiger partial charge in [-0.2, -0.15) is 9.83 Å². The fourth-order valence-corrected chi connectivity index (χ4v) is 3.45. The van der Waals surface area contributed by atoms with E-state index in [1.54, 1.807) is 37.3 Å². The van der Waals surface area contributed by atoms with E-state index in [4.69, 9.17) is 0 Å². The van der Waals surface area contributed by atoms with Crippen LogP contribution in [0.2, 0.25) is 0 Å². The number of pyridine rings is 1. The minimum atomic E-state index is -0.511. The molecule has 8 heteroatoms. The number of hydrogen-bond donors (Lipinski definition) is 1. The van der Waals surface area contributed by atoms with Crippen LogP contribution in [0.5, 0.6) is 0 Å². The van der Waals surface area contributed by atoms with Crippen LogP contribution in [0.4, 0.5) is 10.1 Å². The van der Waals surface area contributed by atoms with Gasteiger partial charge in [-0.15, -0.1) is 0 Å². The normalized spacial score (nSPS) is 11.8. The van der Waals surface area contributed by atoms with Crippen molar-refractivity contribution < 1.29 is 14.4 Å². The Balaban J connectivity index is 2.09. The van der Waals surface area contributed by atoms with Gasteiger partial charge in [-0.25, -0.2) is 14.1 Å². The highest BCUT2D eigenvalue weighted by molar-refractivity contribution is 6.04. The summed E-state index contributed by atoms with van der Waals surface area (Å²) in [5.41, 5.74) is 1.35. The van der Waals surface area contributed by atoms with Gasteiger partial charge in [0.05, 0.1) is 16.6 Å². The van der Waals surface area contributed by atoms with Crippen molar-refractivity contribution in [2.24, 2.45) is 4.99 Å². The molecule has 1 aromatic heterocycles. The van der Waals surface area contributed by atoms with Crippen LogP contribution in [0.1, 0.15) is 24.2 Å². The minimum absolute atomic E-state index is 0.0514. The van der Waals surface area contributed by atoms with E-state index in [-0.39, 0.29) is 29.3 Å². The van der Waals surface area contributed by atoms with Gasteiger partial charge in [-0.05, 0) is 62.4 Å². The van der Waals surface area contributed by atoms with Gasteiger partial charge < -0.3 is 5.21 Å². The third-order valence-corrected chi connectivity index (χ3v) is 4.93. The Hall–Kier alpha value is -4.07. The molecule has 1 aliphatic heterocycles. The van der Waals surface area contributed by atoms with Crippen LogP contribution in [-0.2, 0) is 6.54 Å². The lowest BCUT2D eigenvalue weighted by molar-refractivity contribution is 0.101. The lowest BCUT2D eigenvalue weighted by atomic mass is 10.0. The summed E-state index contributed by atoms with van der Waals surface area (Å²) < 4.78 is 15.6. The fraction of sp³-hybridized carbons (Fsp3) is 0.130. The second-order valence-corrected chi connectivity index (χ2v) is 6.93. The summed E-state index contributed by atoms with van der Waals surface area (Å²) in [7, 11) is 0. The third-order valence-electron chi connectivity index (χ3n) is 4.93. The van der Waals surface area contributed by atoms with Crippen LogP contribution < -0.4 is 10.9 Å². The number of fused-ring (bicyclic) bond motifs is 1. The van der Waals surface area contributed by atoms with Crippen LogP contribution in [0, 0.1) is 5.82 Å². The molecule has 2 aliphatic rings. The van der Waals surface area contributed by atoms with Crippen molar-refractivity contribution in [3.8, 4) is 22.5 Å². The SMILES string of the molecule is CCn1nc(-c2ccc(F)cc2)c(C(C)=O)c(N=c2cccc3n(O)cccc2-3)c1=O. The molecule has 1 aliphatic carbocycles. The Labute approximate surface area is 176 Å². The highest BCUT2D eigenvalue weighted by Gasteiger charge is 2.22. The number of rotatable bonds is 4. The number of aryl methyl sites for hydroxylation is 1. The average Bonchev–Trinajstić information content (AvgIpc) is 2.76. The molecule has 156 valence electrons. The monoisotopic (exact) mass is 418 g/mol. The minimum Gasteiger partial charge on any atom is -0.428 e. The second kappa shape index (κ2) is 7.98. The first kappa shape index (κ1) is 20.2. The quantitative estimate of drug-likeness (QED) is 0.405. The number of benzene rings is 2. The first-order valence-electron chi connectivity index (χ1n) is 9.67. The maximum absolute atomic E-state index is 13.4. The number of carbonyl (C=O) groups is 1. The van der Waals surface area contributed by atoms with E-state index in [2.05, 4.69) is 10.1 Å². The summed E-state index contributed by atoms with van der Waals surface area (Å²) >= 11 is 0. The summed E-state index contributed by atoms with van der Waals surface area (Å²) in [5.74, 6) is -0.807. The number of Topliss-reactive ketones (excluding diaryl/α,β-unsaturated/α-hetero) is 1. The van der Waals surface area contributed by atoms with Gasteiger partial charge in [0.25, 0.3) is 5.56 Å². The molecule has 0 radical (unpaired) electrons. The molecule has 0 spiro atoms. The van der Waals surface area contributed by atoms with Crippen LogP contribution in [0.3, 0.4) is 0 Å². The molecule has 0 unspecified atom stereocenters. The molecular weight excluding hydrogens is 399 g/mol. The van der Waals surface area contributed by atoms with Crippen LogP contribution in [0.15, 0.2) is 70.6 Å². The maximum Gasteiger partial charge on any atom is 0.293 e. The Morgan fingerprint density at radius 1 is 1.13 bits per heavy atom. The molecule has 0 saturated heterocycles. The summed E-state index contributed by atoms with van der Waals surface area (Å²) in [6, 6.07) is 14.1. The zero-order chi connectivity index (χ0) is 22.1. The van der Waals surface area contributed by atoms with Crippen molar-refractivity contribution >= 4 is 11.5 Å². The Morgan fingerprint density at radius 3 is 2.55 bits per heavy atom. The van der Waals surface area contributed by atoms with E-state index in [1.165, 1.54) is 42.1 Å². The number of halogens is 1. The molecule has 2 aromatic rings. The van der Waals surface area contributed by atoms with Crippen LogP contribution in [0.25, 0.3) is 22.5 Å². The molecule has 7 nitrogen and oxygen atoms in total. The van der Waals surface area contributed by atoms with Gasteiger partial charge in [0.2, 0.25) is 0 Å². The largest absolute Gasteiger partial charge is 0.428 e. The number of aromatic nitrogens is 3. The molecule has 1 aromatic carbocycles. The standard InChI is InChI=1S/C23H19FN4O3/c1-3-27-23(30)22(25-18-7-4-8-19-17(18)6-5-13-28(19)31)20(14(2)29)21(26-27)15-9-11-16(24)12-10-15/h4-13,31H,3H2,1-2H3. The van der Waals surface area contributed by atoms with Gasteiger partial charge >= 0.3 is 0 Å². The van der Waals surface area contributed by atoms with E-state index < -0.39 is 11.4 Å². The first-order chi connectivity index (χ1) is 14.9. The lowest BCUT2D eigenvalue weighted by Crippen LogP contribution is -2.26. The van der Waals surface area contributed by atoms with E-state index in [0.717, 1.165) is 4.73 Å². The molecule has 0 bridgehead atoms. The van der Waals surface area contributed by atoms with E-state index >= 15 is 0 Å². The molecule has 0 amide bonds. The smallest absolute Gasteiger partial charge is 0.293 e. The number of ketones is 1. The molecule has 4 rings (SSSR count). The summed E-state index contributed by atoms with van der Waals surface area (Å²) in [6.07, 6.45) is 1.48. The van der Waals surface area contributed by atoms with Crippen molar-refractivity contribution in [1.82, 2.24) is 14.5 Å².